The second-order valence-corrected chi connectivity index (χ2v) is 6.27. The van der Waals surface area contributed by atoms with Crippen molar-refractivity contribution in [1.29, 1.82) is 0 Å². The molecule has 1 N–H and O–H groups in total. The number of carbonyl (C=O) groups excluding carboxylic acids is 1. The zero-order valence-corrected chi connectivity index (χ0v) is 14.1. The van der Waals surface area contributed by atoms with Crippen LogP contribution < -0.4 is 5.32 Å². The van der Waals surface area contributed by atoms with Crippen molar-refractivity contribution >= 4 is 5.91 Å². The van der Waals surface area contributed by atoms with E-state index in [1.54, 1.807) is 0 Å². The van der Waals surface area contributed by atoms with Gasteiger partial charge in [0.1, 0.15) is 0 Å². The van der Waals surface area contributed by atoms with E-state index in [4.69, 9.17) is 0 Å². The lowest BCUT2D eigenvalue weighted by Gasteiger charge is -2.37. The Bertz CT molecular complexity index is 481. The van der Waals surface area contributed by atoms with Crippen LogP contribution in [0.1, 0.15) is 31.4 Å². The lowest BCUT2D eigenvalue weighted by atomic mass is 10.1. The molecule has 0 bridgehead atoms. The van der Waals surface area contributed by atoms with Crippen molar-refractivity contribution in [1.82, 2.24) is 15.1 Å². The molecule has 0 aromatic heterocycles. The third-order valence-electron chi connectivity index (χ3n) is 4.37. The van der Waals surface area contributed by atoms with Gasteiger partial charge < -0.3 is 5.32 Å². The second kappa shape index (κ2) is 8.30. The molecule has 0 saturated carbocycles. The predicted octanol–water partition coefficient (Wildman–Crippen LogP) is 2.03. The van der Waals surface area contributed by atoms with Crippen LogP contribution in [0.4, 0.5) is 0 Å². The summed E-state index contributed by atoms with van der Waals surface area (Å²) in [7, 11) is 0. The molecule has 1 atom stereocenters. The van der Waals surface area contributed by atoms with E-state index in [-0.39, 0.29) is 11.9 Å². The molecule has 1 aliphatic heterocycles. The molecule has 4 heteroatoms. The first-order valence-corrected chi connectivity index (χ1v) is 8.40. The fraction of sp³-hybridized carbons (Fsp3) is 0.611. The van der Waals surface area contributed by atoms with Gasteiger partial charge in [-0.2, -0.15) is 0 Å². The van der Waals surface area contributed by atoms with E-state index in [1.165, 1.54) is 11.1 Å². The molecule has 0 spiro atoms. The molecule has 2 rings (SSSR count). The largest absolute Gasteiger partial charge is 0.355 e. The summed E-state index contributed by atoms with van der Waals surface area (Å²) >= 11 is 0. The number of carbonyl (C=O) groups is 1. The quantitative estimate of drug-likeness (QED) is 0.873. The maximum atomic E-state index is 12.0. The van der Waals surface area contributed by atoms with Crippen LogP contribution in [0.15, 0.2) is 24.3 Å². The molecule has 1 saturated heterocycles. The summed E-state index contributed by atoms with van der Waals surface area (Å²) in [6.07, 6.45) is 0.989. The molecule has 1 fully saturated rings. The van der Waals surface area contributed by atoms with Crippen molar-refractivity contribution in [3.8, 4) is 0 Å². The third-order valence-corrected chi connectivity index (χ3v) is 4.37. The van der Waals surface area contributed by atoms with Crippen molar-refractivity contribution in [2.24, 2.45) is 0 Å². The number of amides is 1. The summed E-state index contributed by atoms with van der Waals surface area (Å²) in [5.41, 5.74) is 2.69. The van der Waals surface area contributed by atoms with E-state index in [9.17, 15) is 4.79 Å². The highest BCUT2D eigenvalue weighted by atomic mass is 16.2. The third kappa shape index (κ3) is 4.82. The first-order valence-electron chi connectivity index (χ1n) is 8.40. The van der Waals surface area contributed by atoms with Crippen molar-refractivity contribution in [3.63, 3.8) is 0 Å². The molecule has 22 heavy (non-hydrogen) atoms. The normalized spacial score (nSPS) is 18.1. The number of hydrogen-bond acceptors (Lipinski definition) is 3. The van der Waals surface area contributed by atoms with Gasteiger partial charge in [0.05, 0.1) is 6.04 Å². The zero-order valence-electron chi connectivity index (χ0n) is 14.1. The maximum Gasteiger partial charge on any atom is 0.237 e. The number of aryl methyl sites for hydroxylation is 1. The number of piperazine rings is 1. The zero-order chi connectivity index (χ0) is 15.9. The van der Waals surface area contributed by atoms with E-state index in [2.05, 4.69) is 53.2 Å². The molecule has 1 unspecified atom stereocenters. The lowest BCUT2D eigenvalue weighted by Crippen LogP contribution is -2.53. The van der Waals surface area contributed by atoms with Gasteiger partial charge in [-0.05, 0) is 25.8 Å². The number of hydrogen-bond donors (Lipinski definition) is 1. The minimum Gasteiger partial charge on any atom is -0.355 e. The molecular formula is C18H29N3O. The highest BCUT2D eigenvalue weighted by molar-refractivity contribution is 5.81. The van der Waals surface area contributed by atoms with Crippen LogP contribution in [0.2, 0.25) is 0 Å². The monoisotopic (exact) mass is 303 g/mol. The van der Waals surface area contributed by atoms with Crippen LogP contribution in [0.3, 0.4) is 0 Å². The summed E-state index contributed by atoms with van der Waals surface area (Å²) in [5, 5.41) is 2.99. The SMILES string of the molecule is CCCNC(=O)C(C)N1CCN(Cc2cccc(C)c2)CC1. The molecule has 1 aliphatic rings. The topological polar surface area (TPSA) is 35.6 Å². The Balaban J connectivity index is 1.79. The Morgan fingerprint density at radius 3 is 2.64 bits per heavy atom. The number of nitrogens with one attached hydrogen (secondary N) is 1. The Morgan fingerprint density at radius 2 is 2.00 bits per heavy atom. The Kier molecular flexibility index (Phi) is 6.40. The Labute approximate surface area is 134 Å². The van der Waals surface area contributed by atoms with Crippen LogP contribution in [-0.2, 0) is 11.3 Å². The van der Waals surface area contributed by atoms with Gasteiger partial charge in [0.2, 0.25) is 5.91 Å². The lowest BCUT2D eigenvalue weighted by molar-refractivity contribution is -0.126. The van der Waals surface area contributed by atoms with Gasteiger partial charge in [-0.3, -0.25) is 14.6 Å². The van der Waals surface area contributed by atoms with Crippen molar-refractivity contribution in [3.05, 3.63) is 35.4 Å². The van der Waals surface area contributed by atoms with Gasteiger partial charge >= 0.3 is 0 Å². The summed E-state index contributed by atoms with van der Waals surface area (Å²) in [5.74, 6) is 0.161. The number of nitrogens with zero attached hydrogens (tertiary/aromatic N) is 2. The van der Waals surface area contributed by atoms with Crippen LogP contribution in [0.5, 0.6) is 0 Å². The van der Waals surface area contributed by atoms with Crippen LogP contribution in [0.25, 0.3) is 0 Å². The van der Waals surface area contributed by atoms with Gasteiger partial charge in [0.15, 0.2) is 0 Å². The molecule has 0 aliphatic carbocycles. The first-order chi connectivity index (χ1) is 10.6. The Hall–Kier alpha value is -1.39. The molecule has 1 aromatic carbocycles. The molecule has 1 amide bonds. The summed E-state index contributed by atoms with van der Waals surface area (Å²) < 4.78 is 0. The number of benzene rings is 1. The van der Waals surface area contributed by atoms with Gasteiger partial charge in [0, 0.05) is 39.3 Å². The van der Waals surface area contributed by atoms with Gasteiger partial charge in [0.25, 0.3) is 0 Å². The molecular weight excluding hydrogens is 274 g/mol. The molecule has 122 valence electrons. The van der Waals surface area contributed by atoms with Crippen LogP contribution in [-0.4, -0.2) is 54.5 Å². The average Bonchev–Trinajstić information content (AvgIpc) is 2.52. The van der Waals surface area contributed by atoms with Crippen LogP contribution >= 0.6 is 0 Å². The molecule has 1 aromatic rings. The minimum absolute atomic E-state index is 0.0207. The predicted molar refractivity (Wildman–Crippen MR) is 90.8 cm³/mol. The summed E-state index contributed by atoms with van der Waals surface area (Å²) in [4.78, 5) is 16.8. The minimum atomic E-state index is -0.0207. The van der Waals surface area contributed by atoms with Crippen molar-refractivity contribution < 1.29 is 4.79 Å². The van der Waals surface area contributed by atoms with E-state index >= 15 is 0 Å². The maximum absolute atomic E-state index is 12.0. The highest BCUT2D eigenvalue weighted by Gasteiger charge is 2.25. The fourth-order valence-corrected chi connectivity index (χ4v) is 2.94. The van der Waals surface area contributed by atoms with E-state index in [0.29, 0.717) is 0 Å². The fourth-order valence-electron chi connectivity index (χ4n) is 2.94. The van der Waals surface area contributed by atoms with E-state index < -0.39 is 0 Å². The van der Waals surface area contributed by atoms with Crippen molar-refractivity contribution in [2.45, 2.75) is 39.8 Å². The van der Waals surface area contributed by atoms with E-state index in [1.807, 2.05) is 6.92 Å². The summed E-state index contributed by atoms with van der Waals surface area (Å²) in [6.45, 7) is 12.0. The Morgan fingerprint density at radius 1 is 1.27 bits per heavy atom. The van der Waals surface area contributed by atoms with Gasteiger partial charge in [-0.1, -0.05) is 36.8 Å². The highest BCUT2D eigenvalue weighted by Crippen LogP contribution is 2.12. The van der Waals surface area contributed by atoms with Crippen molar-refractivity contribution in [2.75, 3.05) is 32.7 Å². The van der Waals surface area contributed by atoms with Gasteiger partial charge in [-0.25, -0.2) is 0 Å². The van der Waals surface area contributed by atoms with Crippen LogP contribution in [0, 0.1) is 6.92 Å². The summed E-state index contributed by atoms with van der Waals surface area (Å²) in [6, 6.07) is 8.69. The van der Waals surface area contributed by atoms with E-state index in [0.717, 1.165) is 45.7 Å². The van der Waals surface area contributed by atoms with Gasteiger partial charge in [-0.15, -0.1) is 0 Å². The number of rotatable bonds is 6. The second-order valence-electron chi connectivity index (χ2n) is 6.27. The molecule has 1 heterocycles. The smallest absolute Gasteiger partial charge is 0.237 e. The molecule has 0 radical (unpaired) electrons. The first kappa shape index (κ1) is 17.0. The standard InChI is InChI=1S/C18H29N3O/c1-4-8-19-18(22)16(3)21-11-9-20(10-12-21)14-17-7-5-6-15(2)13-17/h5-7,13,16H,4,8-12,14H2,1-3H3,(H,19,22). The molecule has 4 nitrogen and oxygen atoms in total. The average molecular weight is 303 g/mol.